The molecule has 0 atom stereocenters. The van der Waals surface area contributed by atoms with Gasteiger partial charge < -0.3 is 4.90 Å². The highest BCUT2D eigenvalue weighted by Crippen LogP contribution is 2.12. The number of nitrogens with zero attached hydrogens (tertiary/aromatic N) is 3. The number of hydrogen-bond donors (Lipinski definition) is 2. The van der Waals surface area contributed by atoms with Gasteiger partial charge in [0.15, 0.2) is 0 Å². The molecule has 2 rings (SSSR count). The van der Waals surface area contributed by atoms with Crippen LogP contribution in [-0.2, 0) is 17.8 Å². The Morgan fingerprint density at radius 3 is 2.55 bits per heavy atom. The van der Waals surface area contributed by atoms with Gasteiger partial charge in [-0.15, -0.1) is 0 Å². The number of carbonyl (C=O) groups is 1. The van der Waals surface area contributed by atoms with Crippen molar-refractivity contribution in [1.29, 1.82) is 0 Å². The average Bonchev–Trinajstić information content (AvgIpc) is 2.96. The van der Waals surface area contributed by atoms with E-state index in [-0.39, 0.29) is 5.91 Å². The highest BCUT2D eigenvalue weighted by molar-refractivity contribution is 5.76. The van der Waals surface area contributed by atoms with E-state index in [1.807, 2.05) is 27.8 Å². The minimum absolute atomic E-state index is 0.116. The van der Waals surface area contributed by atoms with Gasteiger partial charge in [-0.05, 0) is 26.3 Å². The van der Waals surface area contributed by atoms with Crippen LogP contribution < -0.4 is 0 Å². The van der Waals surface area contributed by atoms with E-state index in [0.29, 0.717) is 19.4 Å². The van der Waals surface area contributed by atoms with E-state index in [1.54, 1.807) is 11.1 Å². The van der Waals surface area contributed by atoms with Gasteiger partial charge >= 0.3 is 0 Å². The van der Waals surface area contributed by atoms with E-state index in [4.69, 9.17) is 0 Å². The number of rotatable bonds is 5. The predicted molar refractivity (Wildman–Crippen MR) is 76.2 cm³/mol. The number of aromatic nitrogens is 4. The highest BCUT2D eigenvalue weighted by Gasteiger charge is 2.13. The molecule has 2 aromatic heterocycles. The van der Waals surface area contributed by atoms with E-state index in [9.17, 15) is 4.79 Å². The van der Waals surface area contributed by atoms with Crippen molar-refractivity contribution in [3.63, 3.8) is 0 Å². The van der Waals surface area contributed by atoms with Crippen LogP contribution >= 0.6 is 0 Å². The molecule has 1 amide bonds. The molecular weight excluding hydrogens is 254 g/mol. The first-order valence-electron chi connectivity index (χ1n) is 6.72. The Morgan fingerprint density at radius 1 is 1.25 bits per heavy atom. The summed E-state index contributed by atoms with van der Waals surface area (Å²) < 4.78 is 0. The second kappa shape index (κ2) is 5.90. The molecule has 108 valence electrons. The molecule has 6 nitrogen and oxygen atoms in total. The van der Waals surface area contributed by atoms with Crippen LogP contribution in [0, 0.1) is 20.8 Å². The summed E-state index contributed by atoms with van der Waals surface area (Å²) in [5.41, 5.74) is 5.24. The lowest BCUT2D eigenvalue weighted by atomic mass is 10.1. The number of hydrogen-bond acceptors (Lipinski definition) is 3. The minimum atomic E-state index is 0.116. The second-order valence-corrected chi connectivity index (χ2v) is 5.19. The molecule has 2 N–H and O–H groups in total. The van der Waals surface area contributed by atoms with Crippen LogP contribution in [0.5, 0.6) is 0 Å². The molecule has 0 radical (unpaired) electrons. The molecule has 0 spiro atoms. The van der Waals surface area contributed by atoms with Gasteiger partial charge in [-0.1, -0.05) is 0 Å². The maximum atomic E-state index is 12.1. The number of H-pyrrole nitrogens is 2. The van der Waals surface area contributed by atoms with Crippen LogP contribution in [0.3, 0.4) is 0 Å². The second-order valence-electron chi connectivity index (χ2n) is 5.19. The fourth-order valence-corrected chi connectivity index (χ4v) is 2.07. The summed E-state index contributed by atoms with van der Waals surface area (Å²) in [4.78, 5) is 13.9. The SMILES string of the molecule is Cc1[nH]ncc1CN(C)C(=O)CCc1n[nH]c(C)c1C. The summed E-state index contributed by atoms with van der Waals surface area (Å²) in [6.45, 7) is 6.55. The van der Waals surface area contributed by atoms with Gasteiger partial charge in [0.25, 0.3) is 0 Å². The van der Waals surface area contributed by atoms with E-state index in [2.05, 4.69) is 20.4 Å². The molecule has 0 bridgehead atoms. The lowest BCUT2D eigenvalue weighted by molar-refractivity contribution is -0.130. The summed E-state index contributed by atoms with van der Waals surface area (Å²) >= 11 is 0. The lowest BCUT2D eigenvalue weighted by Crippen LogP contribution is -2.26. The van der Waals surface area contributed by atoms with Crippen molar-refractivity contribution in [2.75, 3.05) is 7.05 Å². The Labute approximate surface area is 118 Å². The van der Waals surface area contributed by atoms with Crippen molar-refractivity contribution in [2.24, 2.45) is 0 Å². The fourth-order valence-electron chi connectivity index (χ4n) is 2.07. The molecule has 0 saturated heterocycles. The van der Waals surface area contributed by atoms with Crippen molar-refractivity contribution < 1.29 is 4.79 Å². The first-order chi connectivity index (χ1) is 9.49. The molecule has 0 aliphatic carbocycles. The normalized spacial score (nSPS) is 10.8. The molecule has 0 aromatic carbocycles. The summed E-state index contributed by atoms with van der Waals surface area (Å²) in [7, 11) is 1.82. The van der Waals surface area contributed by atoms with Gasteiger partial charge in [0.1, 0.15) is 0 Å². The first-order valence-corrected chi connectivity index (χ1v) is 6.72. The third kappa shape index (κ3) is 3.07. The van der Waals surface area contributed by atoms with E-state index in [0.717, 1.165) is 28.2 Å². The summed E-state index contributed by atoms with van der Waals surface area (Å²) in [6.07, 6.45) is 2.91. The van der Waals surface area contributed by atoms with E-state index in [1.165, 1.54) is 0 Å². The third-order valence-electron chi connectivity index (χ3n) is 3.70. The zero-order chi connectivity index (χ0) is 14.7. The molecule has 2 heterocycles. The lowest BCUT2D eigenvalue weighted by Gasteiger charge is -2.16. The van der Waals surface area contributed by atoms with Crippen LogP contribution in [-0.4, -0.2) is 38.2 Å². The molecule has 20 heavy (non-hydrogen) atoms. The highest BCUT2D eigenvalue weighted by atomic mass is 16.2. The molecule has 0 fully saturated rings. The number of nitrogens with one attached hydrogen (secondary N) is 2. The number of aromatic amines is 2. The molecule has 0 aliphatic heterocycles. The Bertz CT molecular complexity index is 598. The standard InChI is InChI=1S/C14H21N5O/c1-9-10(2)17-18-13(9)5-6-14(20)19(4)8-12-7-15-16-11(12)3/h7H,5-6,8H2,1-4H3,(H,15,16)(H,17,18). The smallest absolute Gasteiger partial charge is 0.223 e. The van der Waals surface area contributed by atoms with Crippen LogP contribution in [0.2, 0.25) is 0 Å². The minimum Gasteiger partial charge on any atom is -0.341 e. The molecule has 6 heteroatoms. The van der Waals surface area contributed by atoms with Gasteiger partial charge in [-0.3, -0.25) is 15.0 Å². The fraction of sp³-hybridized carbons (Fsp3) is 0.500. The quantitative estimate of drug-likeness (QED) is 0.871. The Kier molecular flexibility index (Phi) is 4.22. The van der Waals surface area contributed by atoms with Crippen LogP contribution in [0.25, 0.3) is 0 Å². The summed E-state index contributed by atoms with van der Waals surface area (Å²) in [6, 6.07) is 0. The van der Waals surface area contributed by atoms with Gasteiger partial charge in [-0.25, -0.2) is 0 Å². The topological polar surface area (TPSA) is 77.7 Å². The predicted octanol–water partition coefficient (Wildman–Crippen LogP) is 1.65. The van der Waals surface area contributed by atoms with E-state index < -0.39 is 0 Å². The van der Waals surface area contributed by atoms with Crippen molar-refractivity contribution in [2.45, 2.75) is 40.2 Å². The van der Waals surface area contributed by atoms with Gasteiger partial charge in [0, 0.05) is 43.4 Å². The average molecular weight is 275 g/mol. The molecule has 0 unspecified atom stereocenters. The number of aryl methyl sites for hydroxylation is 3. The van der Waals surface area contributed by atoms with Gasteiger partial charge in [-0.2, -0.15) is 10.2 Å². The van der Waals surface area contributed by atoms with Crippen molar-refractivity contribution in [3.8, 4) is 0 Å². The zero-order valence-electron chi connectivity index (χ0n) is 12.4. The summed E-state index contributed by atoms with van der Waals surface area (Å²) in [5, 5.41) is 14.0. The zero-order valence-corrected chi connectivity index (χ0v) is 12.4. The maximum Gasteiger partial charge on any atom is 0.223 e. The van der Waals surface area contributed by atoms with E-state index >= 15 is 0 Å². The maximum absolute atomic E-state index is 12.1. The number of amides is 1. The Balaban J connectivity index is 1.88. The summed E-state index contributed by atoms with van der Waals surface area (Å²) in [5.74, 6) is 0.116. The largest absolute Gasteiger partial charge is 0.341 e. The number of carbonyl (C=O) groups excluding carboxylic acids is 1. The van der Waals surface area contributed by atoms with Crippen LogP contribution in [0.4, 0.5) is 0 Å². The van der Waals surface area contributed by atoms with Crippen LogP contribution in [0.15, 0.2) is 6.20 Å². The molecule has 0 aliphatic rings. The van der Waals surface area contributed by atoms with Crippen LogP contribution in [0.1, 0.15) is 34.6 Å². The van der Waals surface area contributed by atoms with Gasteiger partial charge in [0.2, 0.25) is 5.91 Å². The monoisotopic (exact) mass is 275 g/mol. The van der Waals surface area contributed by atoms with Crippen molar-refractivity contribution >= 4 is 5.91 Å². The third-order valence-corrected chi connectivity index (χ3v) is 3.70. The Morgan fingerprint density at radius 2 is 2.00 bits per heavy atom. The molecule has 2 aromatic rings. The first kappa shape index (κ1) is 14.3. The van der Waals surface area contributed by atoms with Crippen molar-refractivity contribution in [3.05, 3.63) is 34.4 Å². The van der Waals surface area contributed by atoms with Gasteiger partial charge in [0.05, 0.1) is 11.9 Å². The van der Waals surface area contributed by atoms with Crippen molar-refractivity contribution in [1.82, 2.24) is 25.3 Å². The molecular formula is C14H21N5O. The molecule has 0 saturated carbocycles. The Hall–Kier alpha value is -2.11.